The minimum absolute atomic E-state index is 0.0190. The summed E-state index contributed by atoms with van der Waals surface area (Å²) in [5.74, 6) is 0. The van der Waals surface area contributed by atoms with Crippen molar-refractivity contribution in [3.8, 4) is 0 Å². The van der Waals surface area contributed by atoms with E-state index in [9.17, 15) is 4.89 Å². The Kier molecular flexibility index (Phi) is 7.57. The molecule has 0 aromatic carbocycles. The first-order chi connectivity index (χ1) is 10.8. The van der Waals surface area contributed by atoms with Crippen molar-refractivity contribution in [2.24, 2.45) is 0 Å². The predicted octanol–water partition coefficient (Wildman–Crippen LogP) is -0.431. The molecule has 0 aromatic rings. The fourth-order valence-corrected chi connectivity index (χ4v) is 4.39. The van der Waals surface area contributed by atoms with E-state index in [0.29, 0.717) is 0 Å². The van der Waals surface area contributed by atoms with Gasteiger partial charge in [-0.15, -0.1) is 0 Å². The Morgan fingerprint density at radius 1 is 1.17 bits per heavy atom. The molecule has 2 fully saturated rings. The zero-order valence-corrected chi connectivity index (χ0v) is 16.1. The Morgan fingerprint density at radius 2 is 1.78 bits per heavy atom. The van der Waals surface area contributed by atoms with Gasteiger partial charge in [0, 0.05) is 19.1 Å². The van der Waals surface area contributed by atoms with E-state index in [1.165, 1.54) is 0 Å². The summed E-state index contributed by atoms with van der Waals surface area (Å²) in [6, 6.07) is 0.307. The molecule has 23 heavy (non-hydrogen) atoms. The summed E-state index contributed by atoms with van der Waals surface area (Å²) in [7, 11) is 5.68. The van der Waals surface area contributed by atoms with Crippen molar-refractivity contribution in [3.05, 3.63) is 0 Å². The molecule has 2 aliphatic heterocycles. The first kappa shape index (κ1) is 19.9. The van der Waals surface area contributed by atoms with Gasteiger partial charge in [-0.2, -0.15) is 0 Å². The lowest BCUT2D eigenvalue weighted by Crippen LogP contribution is -2.28. The van der Waals surface area contributed by atoms with Gasteiger partial charge in [0.2, 0.25) is 6.49 Å². The fourth-order valence-electron chi connectivity index (χ4n) is 3.19. The molecule has 2 rings (SSSR count). The maximum atomic E-state index is 10.3. The van der Waals surface area contributed by atoms with Crippen LogP contribution in [-0.4, -0.2) is 77.1 Å². The van der Waals surface area contributed by atoms with Crippen LogP contribution >= 0.6 is 6.49 Å². The van der Waals surface area contributed by atoms with Crippen LogP contribution in [0.25, 0.3) is 0 Å². The molecule has 10 heteroatoms. The molecule has 0 bridgehead atoms. The van der Waals surface area contributed by atoms with Crippen LogP contribution in [0.5, 0.6) is 0 Å². The highest BCUT2D eigenvalue weighted by molar-refractivity contribution is 8.09. The van der Waals surface area contributed by atoms with Crippen LogP contribution < -0.4 is 0 Å². The summed E-state index contributed by atoms with van der Waals surface area (Å²) in [5, 5.41) is 0. The Labute approximate surface area is 145 Å². The molecule has 1 N–H and O–H groups in total. The molecule has 0 amide bonds. The summed E-state index contributed by atoms with van der Waals surface area (Å²) < 4.78 is 28.2. The van der Waals surface area contributed by atoms with Crippen molar-refractivity contribution < 1.29 is 28.4 Å². The van der Waals surface area contributed by atoms with Crippen molar-refractivity contribution in [3.63, 3.8) is 0 Å². The standard InChI is InChI=1S/C13H27B2O6PS/c1-3-8-10(5-13(15)20-8)18-7-22(16,23)19-6-11-9(17-2)4-12(14)21-11/h8-13H,3-7,14-15H2,1-2H3,(H,16,23). The van der Waals surface area contributed by atoms with Crippen LogP contribution in [-0.2, 0) is 35.3 Å². The number of ether oxygens (including phenoxy) is 4. The third-order valence-electron chi connectivity index (χ3n) is 4.37. The highest BCUT2D eigenvalue weighted by Crippen LogP contribution is 2.44. The van der Waals surface area contributed by atoms with Crippen LogP contribution in [0.1, 0.15) is 26.2 Å². The summed E-state index contributed by atoms with van der Waals surface area (Å²) in [6.45, 7) is -0.696. The molecule has 0 aromatic heterocycles. The van der Waals surface area contributed by atoms with Gasteiger partial charge >= 0.3 is 0 Å². The molecule has 6 nitrogen and oxygen atoms in total. The summed E-state index contributed by atoms with van der Waals surface area (Å²) in [5.41, 5.74) is 0. The Morgan fingerprint density at radius 3 is 2.39 bits per heavy atom. The van der Waals surface area contributed by atoms with Gasteiger partial charge in [0.25, 0.3) is 0 Å². The molecule has 2 aliphatic rings. The predicted molar refractivity (Wildman–Crippen MR) is 96.9 cm³/mol. The zero-order chi connectivity index (χ0) is 17.0. The van der Waals surface area contributed by atoms with E-state index in [1.807, 2.05) is 15.7 Å². The first-order valence-electron chi connectivity index (χ1n) is 8.26. The minimum Gasteiger partial charge on any atom is -0.381 e. The van der Waals surface area contributed by atoms with E-state index in [0.717, 1.165) is 19.3 Å². The third-order valence-corrected chi connectivity index (χ3v) is 6.03. The Hall–Kier alpha value is 0.540. The van der Waals surface area contributed by atoms with Gasteiger partial charge in [-0.3, -0.25) is 0 Å². The van der Waals surface area contributed by atoms with E-state index in [1.54, 1.807) is 7.11 Å². The normalized spacial score (nSPS) is 40.3. The molecule has 7 atom stereocenters. The van der Waals surface area contributed by atoms with Crippen LogP contribution in [0.4, 0.5) is 0 Å². The monoisotopic (exact) mass is 364 g/mol. The Bertz CT molecular complexity index is 397. The first-order valence-corrected chi connectivity index (χ1v) is 11.1. The average molecular weight is 364 g/mol. The van der Waals surface area contributed by atoms with Gasteiger partial charge in [-0.25, -0.2) is 0 Å². The molecular formula is C13H27B2O6PS. The maximum absolute atomic E-state index is 10.3. The van der Waals surface area contributed by atoms with Crippen molar-refractivity contribution in [2.45, 2.75) is 62.6 Å². The minimum atomic E-state index is -2.99. The zero-order valence-electron chi connectivity index (χ0n) is 14.3. The second-order valence-electron chi connectivity index (χ2n) is 6.39. The highest BCUT2D eigenvalue weighted by atomic mass is 32.5. The number of rotatable bonds is 8. The number of hydrogen-bond acceptors (Lipinski definition) is 6. The molecule has 2 heterocycles. The quantitative estimate of drug-likeness (QED) is 0.463. The van der Waals surface area contributed by atoms with Gasteiger partial charge < -0.3 is 28.4 Å². The van der Waals surface area contributed by atoms with E-state index >= 15 is 0 Å². The maximum Gasteiger partial charge on any atom is 0.212 e. The number of hydrogen-bond donors (Lipinski definition) is 1. The lowest BCUT2D eigenvalue weighted by atomic mass is 9.96. The second-order valence-corrected chi connectivity index (χ2v) is 9.89. The van der Waals surface area contributed by atoms with Gasteiger partial charge in [-0.1, -0.05) is 6.92 Å². The topological polar surface area (TPSA) is 66.4 Å². The molecule has 7 unspecified atom stereocenters. The van der Waals surface area contributed by atoms with Gasteiger partial charge in [-0.05, 0) is 31.1 Å². The van der Waals surface area contributed by atoms with Crippen molar-refractivity contribution in [1.82, 2.24) is 0 Å². The van der Waals surface area contributed by atoms with Crippen LogP contribution in [0, 0.1) is 0 Å². The van der Waals surface area contributed by atoms with Crippen LogP contribution in [0.3, 0.4) is 0 Å². The lowest BCUT2D eigenvalue weighted by Gasteiger charge is -2.24. The average Bonchev–Trinajstić information content (AvgIpc) is 3.05. The van der Waals surface area contributed by atoms with E-state index in [4.69, 9.17) is 35.3 Å². The summed E-state index contributed by atoms with van der Waals surface area (Å²) in [6.07, 6.45) is 2.40. The van der Waals surface area contributed by atoms with Gasteiger partial charge in [0.15, 0.2) is 0 Å². The van der Waals surface area contributed by atoms with Crippen LogP contribution in [0.15, 0.2) is 0 Å². The molecule has 0 spiro atoms. The largest absolute Gasteiger partial charge is 0.381 e. The molecule has 2 saturated heterocycles. The SMILES string of the molecule is BC1CC(OC)C(COP(O)(=S)COC2CC(B)OC2CC)O1. The number of methoxy groups -OCH3 is 1. The van der Waals surface area contributed by atoms with E-state index in [2.05, 4.69) is 6.92 Å². The molecule has 0 radical (unpaired) electrons. The molecule has 0 aliphatic carbocycles. The smallest absolute Gasteiger partial charge is 0.212 e. The highest BCUT2D eigenvalue weighted by Gasteiger charge is 2.36. The van der Waals surface area contributed by atoms with Gasteiger partial charge in [0.1, 0.15) is 28.1 Å². The fraction of sp³-hybridized carbons (Fsp3) is 1.00. The van der Waals surface area contributed by atoms with E-state index < -0.39 is 6.49 Å². The van der Waals surface area contributed by atoms with Crippen LogP contribution in [0.2, 0.25) is 0 Å². The molecule has 0 saturated carbocycles. The molecule has 132 valence electrons. The van der Waals surface area contributed by atoms with Crippen molar-refractivity contribution in [2.75, 3.05) is 20.1 Å². The third kappa shape index (κ3) is 5.79. The molecular weight excluding hydrogens is 337 g/mol. The van der Waals surface area contributed by atoms with Crippen molar-refractivity contribution >= 4 is 34.0 Å². The van der Waals surface area contributed by atoms with Gasteiger partial charge in [0.05, 0.1) is 24.9 Å². The van der Waals surface area contributed by atoms with E-state index in [-0.39, 0.29) is 49.4 Å². The lowest BCUT2D eigenvalue weighted by molar-refractivity contribution is -0.0199. The Balaban J connectivity index is 1.77. The summed E-state index contributed by atoms with van der Waals surface area (Å²) in [4.78, 5) is 10.3. The summed E-state index contributed by atoms with van der Waals surface area (Å²) >= 11 is 5.20. The van der Waals surface area contributed by atoms with Crippen molar-refractivity contribution in [1.29, 1.82) is 0 Å². The second kappa shape index (κ2) is 8.77.